The van der Waals surface area contributed by atoms with Gasteiger partial charge in [-0.1, -0.05) is 11.8 Å². The third-order valence-electron chi connectivity index (χ3n) is 2.75. The molecule has 0 fully saturated rings. The first-order valence-electron chi connectivity index (χ1n) is 5.68. The molecule has 0 bridgehead atoms. The fourth-order valence-corrected chi connectivity index (χ4v) is 2.13. The van der Waals surface area contributed by atoms with E-state index in [4.69, 9.17) is 5.26 Å². The van der Waals surface area contributed by atoms with Crippen molar-refractivity contribution in [3.8, 4) is 28.8 Å². The Hall–Kier alpha value is -3.06. The predicted molar refractivity (Wildman–Crippen MR) is 76.8 cm³/mol. The van der Waals surface area contributed by atoms with Crippen LogP contribution >= 0.6 is 11.8 Å². The number of aromatic amines is 1. The molecule has 2 aromatic rings. The number of aromatic nitrogens is 2. The molecule has 1 aromatic heterocycles. The largest absolute Gasteiger partial charge is 0.504 e. The molecule has 22 heavy (non-hydrogen) atoms. The topological polar surface area (TPSA) is 153 Å². The summed E-state index contributed by atoms with van der Waals surface area (Å²) in [4.78, 5) is 28.5. The van der Waals surface area contributed by atoms with Gasteiger partial charge in [0.15, 0.2) is 16.7 Å². The number of nitriles is 1. The minimum absolute atomic E-state index is 0.154. The van der Waals surface area contributed by atoms with Gasteiger partial charge in [0.2, 0.25) is 0 Å². The normalized spacial score (nSPS) is 10.2. The highest BCUT2D eigenvalue weighted by Crippen LogP contribution is 2.38. The van der Waals surface area contributed by atoms with E-state index >= 15 is 0 Å². The number of hydrogen-bond donors (Lipinski definition) is 3. The molecule has 10 heteroatoms. The maximum atomic E-state index is 11.8. The minimum atomic E-state index is -0.808. The van der Waals surface area contributed by atoms with Crippen molar-refractivity contribution < 1.29 is 15.1 Å². The van der Waals surface area contributed by atoms with Crippen LogP contribution in [0.3, 0.4) is 0 Å². The molecular formula is C12H8N4O5S. The average molecular weight is 320 g/mol. The SMILES string of the molecule is CSc1nc(-c2cc(O)c(O)cc2[N+](=O)[O-])c(C#N)c(=O)[nH]1. The molecule has 112 valence electrons. The Labute approximate surface area is 127 Å². The van der Waals surface area contributed by atoms with Crippen LogP contribution in [0.1, 0.15) is 5.56 Å². The molecule has 0 saturated heterocycles. The third-order valence-corrected chi connectivity index (χ3v) is 3.33. The monoisotopic (exact) mass is 320 g/mol. The Kier molecular flexibility index (Phi) is 4.00. The summed E-state index contributed by atoms with van der Waals surface area (Å²) in [5, 5.41) is 39.3. The molecular weight excluding hydrogens is 312 g/mol. The molecule has 0 unspecified atom stereocenters. The molecule has 0 radical (unpaired) electrons. The molecule has 0 aliphatic rings. The fourth-order valence-electron chi connectivity index (χ4n) is 1.75. The lowest BCUT2D eigenvalue weighted by atomic mass is 10.0. The van der Waals surface area contributed by atoms with E-state index in [0.29, 0.717) is 0 Å². The average Bonchev–Trinajstić information content (AvgIpc) is 2.48. The number of nitrogens with one attached hydrogen (secondary N) is 1. The Morgan fingerprint density at radius 2 is 2.05 bits per heavy atom. The van der Waals surface area contributed by atoms with Crippen LogP contribution in [-0.2, 0) is 0 Å². The Balaban J connectivity index is 2.90. The van der Waals surface area contributed by atoms with Gasteiger partial charge in [-0.3, -0.25) is 14.9 Å². The second kappa shape index (κ2) is 5.74. The fraction of sp³-hybridized carbons (Fsp3) is 0.0833. The molecule has 2 rings (SSSR count). The quantitative estimate of drug-likeness (QED) is 0.252. The van der Waals surface area contributed by atoms with Crippen molar-refractivity contribution in [3.63, 3.8) is 0 Å². The highest BCUT2D eigenvalue weighted by atomic mass is 32.2. The number of nitro groups is 1. The molecule has 9 nitrogen and oxygen atoms in total. The first-order valence-corrected chi connectivity index (χ1v) is 6.90. The highest BCUT2D eigenvalue weighted by molar-refractivity contribution is 7.98. The van der Waals surface area contributed by atoms with Crippen LogP contribution < -0.4 is 5.56 Å². The maximum absolute atomic E-state index is 11.8. The van der Waals surface area contributed by atoms with E-state index in [9.17, 15) is 25.1 Å². The van der Waals surface area contributed by atoms with Crippen molar-refractivity contribution >= 4 is 17.4 Å². The maximum Gasteiger partial charge on any atom is 0.282 e. The lowest BCUT2D eigenvalue weighted by Crippen LogP contribution is -2.15. The first-order chi connectivity index (χ1) is 10.4. The standard InChI is InChI=1S/C12H8N4O5S/c1-22-12-14-10(6(4-13)11(19)15-12)5-2-8(17)9(18)3-7(5)16(20)21/h2-3,17-18H,1H3,(H,14,15,19). The molecule has 0 spiro atoms. The van der Waals surface area contributed by atoms with Gasteiger partial charge in [-0.25, -0.2) is 4.98 Å². The van der Waals surface area contributed by atoms with Gasteiger partial charge < -0.3 is 15.2 Å². The van der Waals surface area contributed by atoms with E-state index in [1.54, 1.807) is 12.3 Å². The Morgan fingerprint density at radius 3 is 2.59 bits per heavy atom. The summed E-state index contributed by atoms with van der Waals surface area (Å²) < 4.78 is 0. The lowest BCUT2D eigenvalue weighted by molar-refractivity contribution is -0.384. The van der Waals surface area contributed by atoms with Gasteiger partial charge in [0.05, 0.1) is 16.6 Å². The Bertz CT molecular complexity index is 871. The number of thioether (sulfide) groups is 1. The number of phenolic OH excluding ortho intramolecular Hbond substituents is 2. The molecule has 0 atom stereocenters. The van der Waals surface area contributed by atoms with Gasteiger partial charge >= 0.3 is 0 Å². The van der Waals surface area contributed by atoms with E-state index in [0.717, 1.165) is 23.9 Å². The molecule has 0 aliphatic carbocycles. The van der Waals surface area contributed by atoms with E-state index < -0.39 is 33.2 Å². The van der Waals surface area contributed by atoms with Crippen molar-refractivity contribution in [2.24, 2.45) is 0 Å². The molecule has 0 aliphatic heterocycles. The zero-order valence-corrected chi connectivity index (χ0v) is 11.8. The Morgan fingerprint density at radius 1 is 1.41 bits per heavy atom. The summed E-state index contributed by atoms with van der Waals surface area (Å²) in [6, 6.07) is 3.25. The van der Waals surface area contributed by atoms with Crippen LogP contribution in [0.2, 0.25) is 0 Å². The number of benzene rings is 1. The summed E-state index contributed by atoms with van der Waals surface area (Å²) in [5.74, 6) is -1.32. The number of nitrogens with zero attached hydrogens (tertiary/aromatic N) is 3. The van der Waals surface area contributed by atoms with Gasteiger partial charge in [-0.15, -0.1) is 0 Å². The van der Waals surface area contributed by atoms with Crippen molar-refractivity contribution in [2.75, 3.05) is 6.26 Å². The van der Waals surface area contributed by atoms with E-state index in [-0.39, 0.29) is 16.4 Å². The third kappa shape index (κ3) is 2.57. The van der Waals surface area contributed by atoms with Crippen LogP contribution in [0.15, 0.2) is 22.1 Å². The van der Waals surface area contributed by atoms with Gasteiger partial charge in [0, 0.05) is 6.07 Å². The smallest absolute Gasteiger partial charge is 0.282 e. The summed E-state index contributed by atoms with van der Waals surface area (Å²) in [6.45, 7) is 0. The van der Waals surface area contributed by atoms with Crippen molar-refractivity contribution in [3.05, 3.63) is 38.2 Å². The number of phenols is 2. The van der Waals surface area contributed by atoms with Crippen LogP contribution in [0, 0.1) is 21.4 Å². The molecule has 3 N–H and O–H groups in total. The number of hydrogen-bond acceptors (Lipinski definition) is 8. The minimum Gasteiger partial charge on any atom is -0.504 e. The number of H-pyrrole nitrogens is 1. The first kappa shape index (κ1) is 15.3. The zero-order chi connectivity index (χ0) is 16.4. The van der Waals surface area contributed by atoms with Crippen LogP contribution in [0.4, 0.5) is 5.69 Å². The van der Waals surface area contributed by atoms with Gasteiger partial charge in [-0.05, 0) is 6.26 Å². The number of rotatable bonds is 3. The molecule has 1 heterocycles. The van der Waals surface area contributed by atoms with Gasteiger partial charge in [-0.2, -0.15) is 5.26 Å². The lowest BCUT2D eigenvalue weighted by Gasteiger charge is -2.07. The van der Waals surface area contributed by atoms with Crippen LogP contribution in [0.5, 0.6) is 11.5 Å². The number of nitro benzene ring substituents is 1. The van der Waals surface area contributed by atoms with E-state index in [1.807, 2.05) is 0 Å². The van der Waals surface area contributed by atoms with Crippen molar-refractivity contribution in [1.82, 2.24) is 9.97 Å². The van der Waals surface area contributed by atoms with Crippen LogP contribution in [-0.4, -0.2) is 31.4 Å². The molecule has 1 aromatic carbocycles. The highest BCUT2D eigenvalue weighted by Gasteiger charge is 2.24. The molecule has 0 saturated carbocycles. The van der Waals surface area contributed by atoms with E-state index in [2.05, 4.69) is 9.97 Å². The summed E-state index contributed by atoms with van der Waals surface area (Å²) in [6.07, 6.45) is 1.62. The van der Waals surface area contributed by atoms with Gasteiger partial charge in [0.1, 0.15) is 17.3 Å². The second-order valence-electron chi connectivity index (χ2n) is 4.03. The van der Waals surface area contributed by atoms with Crippen LogP contribution in [0.25, 0.3) is 11.3 Å². The van der Waals surface area contributed by atoms with Crippen molar-refractivity contribution in [2.45, 2.75) is 5.16 Å². The summed E-state index contributed by atoms with van der Waals surface area (Å²) in [7, 11) is 0. The predicted octanol–water partition coefficient (Wildman–Crippen LogP) is 1.35. The zero-order valence-electron chi connectivity index (χ0n) is 11.0. The molecule has 0 amide bonds. The summed E-state index contributed by atoms with van der Waals surface area (Å²) in [5.41, 5.74) is -2.24. The summed E-state index contributed by atoms with van der Waals surface area (Å²) >= 11 is 1.07. The van der Waals surface area contributed by atoms with Crippen molar-refractivity contribution in [1.29, 1.82) is 5.26 Å². The van der Waals surface area contributed by atoms with Gasteiger partial charge in [0.25, 0.3) is 11.2 Å². The second-order valence-corrected chi connectivity index (χ2v) is 4.82. The number of aromatic hydroxyl groups is 2. The van der Waals surface area contributed by atoms with E-state index in [1.165, 1.54) is 0 Å².